The quantitative estimate of drug-likeness (QED) is 0.553. The topological polar surface area (TPSA) is 60.9 Å². The Bertz CT molecular complexity index is 1090. The Balaban J connectivity index is 1.29. The highest BCUT2D eigenvalue weighted by molar-refractivity contribution is 9.10. The van der Waals surface area contributed by atoms with Gasteiger partial charge in [0.25, 0.3) is 0 Å². The van der Waals surface area contributed by atoms with Gasteiger partial charge in [-0.15, -0.1) is 0 Å². The van der Waals surface area contributed by atoms with Crippen molar-refractivity contribution in [3.05, 3.63) is 63.1 Å². The molecule has 1 amide bonds. The van der Waals surface area contributed by atoms with Gasteiger partial charge in [0.1, 0.15) is 0 Å². The molecule has 2 aliphatic heterocycles. The number of anilines is 1. The molecule has 0 bridgehead atoms. The Labute approximate surface area is 209 Å². The van der Waals surface area contributed by atoms with Gasteiger partial charge in [-0.25, -0.2) is 12.7 Å². The molecule has 0 unspecified atom stereocenters. The van der Waals surface area contributed by atoms with Crippen molar-refractivity contribution in [2.24, 2.45) is 5.92 Å². The SMILES string of the molecule is Cc1ccc(Cl)cc1N1CCN(C(=O)C2CCN(S(=O)(=O)Cc3ccc(Br)cc3)CC2)CC1. The highest BCUT2D eigenvalue weighted by Gasteiger charge is 2.34. The molecule has 2 heterocycles. The number of aryl methyl sites for hydroxylation is 1. The maximum Gasteiger partial charge on any atom is 0.225 e. The molecule has 0 aromatic heterocycles. The molecule has 2 saturated heterocycles. The van der Waals surface area contributed by atoms with Crippen LogP contribution in [0.15, 0.2) is 46.9 Å². The number of carbonyl (C=O) groups is 1. The minimum atomic E-state index is -3.39. The maximum atomic E-state index is 13.1. The number of carbonyl (C=O) groups excluding carboxylic acids is 1. The summed E-state index contributed by atoms with van der Waals surface area (Å²) in [5.74, 6) is 0.0371. The Hall–Kier alpha value is -1.61. The summed E-state index contributed by atoms with van der Waals surface area (Å²) in [4.78, 5) is 17.3. The van der Waals surface area contributed by atoms with E-state index in [9.17, 15) is 13.2 Å². The molecule has 0 spiro atoms. The second-order valence-corrected chi connectivity index (χ2v) is 12.1. The third-order valence-electron chi connectivity index (χ3n) is 6.56. The van der Waals surface area contributed by atoms with Crippen LogP contribution in [0.5, 0.6) is 0 Å². The molecule has 0 atom stereocenters. The van der Waals surface area contributed by atoms with Crippen LogP contribution in [-0.2, 0) is 20.6 Å². The van der Waals surface area contributed by atoms with Crippen molar-refractivity contribution in [1.82, 2.24) is 9.21 Å². The summed E-state index contributed by atoms with van der Waals surface area (Å²) in [6, 6.07) is 13.2. The van der Waals surface area contributed by atoms with E-state index in [-0.39, 0.29) is 17.6 Å². The molecule has 33 heavy (non-hydrogen) atoms. The van der Waals surface area contributed by atoms with Crippen LogP contribution in [0, 0.1) is 12.8 Å². The predicted molar refractivity (Wildman–Crippen MR) is 136 cm³/mol. The molecular weight excluding hydrogens is 526 g/mol. The zero-order valence-corrected chi connectivity index (χ0v) is 21.9. The van der Waals surface area contributed by atoms with Crippen LogP contribution >= 0.6 is 27.5 Å². The number of sulfonamides is 1. The van der Waals surface area contributed by atoms with Gasteiger partial charge >= 0.3 is 0 Å². The summed E-state index contributed by atoms with van der Waals surface area (Å²) in [5.41, 5.74) is 3.07. The number of halogens is 2. The van der Waals surface area contributed by atoms with Crippen LogP contribution in [0.2, 0.25) is 5.02 Å². The normalized spacial score (nSPS) is 18.5. The molecule has 2 aliphatic rings. The van der Waals surface area contributed by atoms with Gasteiger partial charge in [0, 0.05) is 60.4 Å². The zero-order valence-electron chi connectivity index (χ0n) is 18.7. The van der Waals surface area contributed by atoms with Gasteiger partial charge in [-0.3, -0.25) is 4.79 Å². The van der Waals surface area contributed by atoms with Gasteiger partial charge in [0.05, 0.1) is 5.75 Å². The summed E-state index contributed by atoms with van der Waals surface area (Å²) in [6.45, 7) is 5.76. The van der Waals surface area contributed by atoms with E-state index in [1.807, 2.05) is 47.4 Å². The number of rotatable bonds is 5. The fourth-order valence-corrected chi connectivity index (χ4v) is 6.61. The molecule has 2 aromatic rings. The zero-order chi connectivity index (χ0) is 23.6. The fourth-order valence-electron chi connectivity index (χ4n) is 4.61. The first-order chi connectivity index (χ1) is 15.7. The molecular formula is C24H29BrClN3O3S. The standard InChI is InChI=1S/C24H29BrClN3O3S/c1-18-2-7-22(26)16-23(18)27-12-14-28(15-13-27)24(30)20-8-10-29(11-9-20)33(31,32)17-19-3-5-21(25)6-4-19/h2-7,16,20H,8-15,17H2,1H3. The van der Waals surface area contributed by atoms with Crippen molar-refractivity contribution in [1.29, 1.82) is 0 Å². The van der Waals surface area contributed by atoms with Crippen LogP contribution in [0.1, 0.15) is 24.0 Å². The third-order valence-corrected chi connectivity index (χ3v) is 9.18. The van der Waals surface area contributed by atoms with Crippen LogP contribution in [0.25, 0.3) is 0 Å². The molecule has 2 fully saturated rings. The molecule has 6 nitrogen and oxygen atoms in total. The van der Waals surface area contributed by atoms with Gasteiger partial charge in [0.2, 0.25) is 15.9 Å². The van der Waals surface area contributed by atoms with Gasteiger partial charge in [0.15, 0.2) is 0 Å². The Morgan fingerprint density at radius 2 is 1.64 bits per heavy atom. The molecule has 2 aromatic carbocycles. The Morgan fingerprint density at radius 1 is 1.00 bits per heavy atom. The average Bonchev–Trinajstić information content (AvgIpc) is 2.82. The van der Waals surface area contributed by atoms with E-state index in [2.05, 4.69) is 27.8 Å². The summed E-state index contributed by atoms with van der Waals surface area (Å²) >= 11 is 9.54. The van der Waals surface area contributed by atoms with Crippen LogP contribution in [-0.4, -0.2) is 62.8 Å². The molecule has 0 radical (unpaired) electrons. The highest BCUT2D eigenvalue weighted by Crippen LogP contribution is 2.27. The second kappa shape index (κ2) is 10.3. The van der Waals surface area contributed by atoms with Crippen LogP contribution < -0.4 is 4.90 Å². The summed E-state index contributed by atoms with van der Waals surface area (Å²) in [5, 5.41) is 0.718. The van der Waals surface area contributed by atoms with E-state index in [0.717, 1.165) is 33.8 Å². The van der Waals surface area contributed by atoms with Crippen molar-refractivity contribution < 1.29 is 13.2 Å². The van der Waals surface area contributed by atoms with Crippen molar-refractivity contribution in [2.45, 2.75) is 25.5 Å². The largest absolute Gasteiger partial charge is 0.368 e. The Kier molecular flexibility index (Phi) is 7.68. The van der Waals surface area contributed by atoms with E-state index in [4.69, 9.17) is 11.6 Å². The molecule has 4 rings (SSSR count). The number of hydrogen-bond acceptors (Lipinski definition) is 4. The van der Waals surface area contributed by atoms with E-state index in [0.29, 0.717) is 39.0 Å². The van der Waals surface area contributed by atoms with Gasteiger partial charge in [-0.2, -0.15) is 0 Å². The van der Waals surface area contributed by atoms with Gasteiger partial charge < -0.3 is 9.80 Å². The monoisotopic (exact) mass is 553 g/mol. The first-order valence-electron chi connectivity index (χ1n) is 11.2. The number of benzene rings is 2. The first-order valence-corrected chi connectivity index (χ1v) is 14.0. The van der Waals surface area contributed by atoms with Crippen molar-refractivity contribution in [3.8, 4) is 0 Å². The summed E-state index contributed by atoms with van der Waals surface area (Å²) in [6.07, 6.45) is 1.15. The Morgan fingerprint density at radius 3 is 2.27 bits per heavy atom. The third kappa shape index (κ3) is 5.91. The number of amides is 1. The maximum absolute atomic E-state index is 13.1. The number of piperazine rings is 1. The molecule has 0 aliphatic carbocycles. The minimum absolute atomic E-state index is 0.0101. The summed E-state index contributed by atoms with van der Waals surface area (Å²) < 4.78 is 28.2. The van der Waals surface area contributed by atoms with Crippen LogP contribution in [0.3, 0.4) is 0 Å². The van der Waals surface area contributed by atoms with Gasteiger partial charge in [-0.1, -0.05) is 45.7 Å². The predicted octanol–water partition coefficient (Wildman–Crippen LogP) is 4.30. The average molecular weight is 555 g/mol. The lowest BCUT2D eigenvalue weighted by molar-refractivity contribution is -0.137. The molecule has 9 heteroatoms. The number of hydrogen-bond donors (Lipinski definition) is 0. The lowest BCUT2D eigenvalue weighted by Gasteiger charge is -2.39. The fraction of sp³-hybridized carbons (Fsp3) is 0.458. The van der Waals surface area contributed by atoms with E-state index in [1.54, 1.807) is 4.31 Å². The van der Waals surface area contributed by atoms with Gasteiger partial charge in [-0.05, 0) is 55.2 Å². The summed E-state index contributed by atoms with van der Waals surface area (Å²) in [7, 11) is -3.39. The molecule has 0 N–H and O–H groups in total. The van der Waals surface area contributed by atoms with Crippen molar-refractivity contribution in [3.63, 3.8) is 0 Å². The highest BCUT2D eigenvalue weighted by atomic mass is 79.9. The van der Waals surface area contributed by atoms with Crippen molar-refractivity contribution >= 4 is 49.1 Å². The first kappa shape index (κ1) is 24.5. The second-order valence-electron chi connectivity index (χ2n) is 8.80. The van der Waals surface area contributed by atoms with E-state index < -0.39 is 10.0 Å². The smallest absolute Gasteiger partial charge is 0.225 e. The van der Waals surface area contributed by atoms with E-state index in [1.165, 1.54) is 5.56 Å². The minimum Gasteiger partial charge on any atom is -0.368 e. The van der Waals surface area contributed by atoms with E-state index >= 15 is 0 Å². The lowest BCUT2D eigenvalue weighted by Crippen LogP contribution is -2.52. The van der Waals surface area contributed by atoms with Crippen molar-refractivity contribution in [2.75, 3.05) is 44.2 Å². The van der Waals surface area contributed by atoms with Crippen LogP contribution in [0.4, 0.5) is 5.69 Å². The molecule has 0 saturated carbocycles. The molecule has 178 valence electrons. The number of nitrogens with zero attached hydrogens (tertiary/aromatic N) is 3. The number of piperidine rings is 1. The lowest BCUT2D eigenvalue weighted by atomic mass is 9.96.